The van der Waals surface area contributed by atoms with Crippen molar-refractivity contribution in [2.45, 2.75) is 22.8 Å². The molecule has 190 valence electrons. The molecule has 1 heterocycles. The fraction of sp³-hybridized carbons (Fsp3) is 0.240. The number of hydrogen-bond donors (Lipinski definition) is 1. The molecule has 0 saturated carbocycles. The Morgan fingerprint density at radius 3 is 2.03 bits per heavy atom. The first-order valence-electron chi connectivity index (χ1n) is 11.2. The highest BCUT2D eigenvalue weighted by molar-refractivity contribution is 7.89. The lowest BCUT2D eigenvalue weighted by Gasteiger charge is -2.39. The van der Waals surface area contributed by atoms with E-state index in [1.165, 1.54) is 31.4 Å². The minimum Gasteiger partial charge on any atom is -0.495 e. The number of sulfonamides is 2. The van der Waals surface area contributed by atoms with Crippen LogP contribution in [-0.4, -0.2) is 64.1 Å². The van der Waals surface area contributed by atoms with E-state index in [0.29, 0.717) is 11.4 Å². The van der Waals surface area contributed by atoms with Crippen molar-refractivity contribution in [3.05, 3.63) is 84.4 Å². The quantitative estimate of drug-likeness (QED) is 0.504. The van der Waals surface area contributed by atoms with E-state index in [-0.39, 0.29) is 29.4 Å². The number of rotatable bonds is 7. The summed E-state index contributed by atoms with van der Waals surface area (Å²) in [5, 5.41) is 2.75. The molecule has 1 fully saturated rings. The van der Waals surface area contributed by atoms with Crippen LogP contribution in [0.3, 0.4) is 0 Å². The van der Waals surface area contributed by atoms with Crippen LogP contribution in [0.2, 0.25) is 0 Å². The molecule has 0 spiro atoms. The fourth-order valence-electron chi connectivity index (χ4n) is 4.07. The predicted octanol–water partition coefficient (Wildman–Crippen LogP) is 2.71. The van der Waals surface area contributed by atoms with Crippen molar-refractivity contribution in [3.8, 4) is 5.75 Å². The Kier molecular flexibility index (Phi) is 7.46. The smallest absolute Gasteiger partial charge is 0.244 e. The van der Waals surface area contributed by atoms with Crippen LogP contribution in [0.1, 0.15) is 5.56 Å². The lowest BCUT2D eigenvalue weighted by atomic mass is 10.1. The molecule has 9 nitrogen and oxygen atoms in total. The third-order valence-electron chi connectivity index (χ3n) is 5.94. The zero-order valence-electron chi connectivity index (χ0n) is 19.9. The molecular weight excluding hydrogens is 502 g/mol. The van der Waals surface area contributed by atoms with Gasteiger partial charge < -0.3 is 10.1 Å². The molecule has 1 saturated heterocycles. The fourth-order valence-corrected chi connectivity index (χ4v) is 7.12. The van der Waals surface area contributed by atoms with Crippen LogP contribution in [-0.2, 0) is 24.8 Å². The number of ether oxygens (including phenoxy) is 1. The number of carbonyl (C=O) groups is 1. The van der Waals surface area contributed by atoms with E-state index in [1.54, 1.807) is 48.5 Å². The molecule has 1 aliphatic heterocycles. The number of benzene rings is 3. The first kappa shape index (κ1) is 25.8. The normalized spacial score (nSPS) is 17.4. The van der Waals surface area contributed by atoms with Crippen LogP contribution in [0, 0.1) is 6.92 Å². The standard InChI is InChI=1S/C25H27N3O6S2/c1-19-13-14-24(34-2)22(17-19)26-25(29)23-18-27(35(30,31)20-9-5-3-6-10-20)15-16-28(23)36(32,33)21-11-7-4-8-12-21/h3-14,17,23H,15-16,18H2,1-2H3,(H,26,29)/t23-/m0/s1. The molecule has 1 atom stereocenters. The number of nitrogens with zero attached hydrogens (tertiary/aromatic N) is 2. The highest BCUT2D eigenvalue weighted by Crippen LogP contribution is 2.29. The van der Waals surface area contributed by atoms with Crippen molar-refractivity contribution >= 4 is 31.6 Å². The molecule has 1 amide bonds. The number of nitrogens with one attached hydrogen (secondary N) is 1. The predicted molar refractivity (Wildman–Crippen MR) is 136 cm³/mol. The molecule has 3 aromatic rings. The average Bonchev–Trinajstić information content (AvgIpc) is 2.89. The monoisotopic (exact) mass is 529 g/mol. The third-order valence-corrected chi connectivity index (χ3v) is 9.74. The highest BCUT2D eigenvalue weighted by Gasteiger charge is 2.43. The summed E-state index contributed by atoms with van der Waals surface area (Å²) in [5.41, 5.74) is 1.22. The van der Waals surface area contributed by atoms with Gasteiger partial charge in [0.2, 0.25) is 26.0 Å². The van der Waals surface area contributed by atoms with Gasteiger partial charge in [0, 0.05) is 19.6 Å². The molecule has 0 unspecified atom stereocenters. The van der Waals surface area contributed by atoms with Gasteiger partial charge in [0.15, 0.2) is 0 Å². The van der Waals surface area contributed by atoms with Gasteiger partial charge in [-0.3, -0.25) is 4.79 Å². The Balaban J connectivity index is 1.71. The van der Waals surface area contributed by atoms with Gasteiger partial charge in [-0.2, -0.15) is 8.61 Å². The van der Waals surface area contributed by atoms with Crippen LogP contribution in [0.5, 0.6) is 5.75 Å². The van der Waals surface area contributed by atoms with Crippen molar-refractivity contribution in [2.24, 2.45) is 0 Å². The second-order valence-electron chi connectivity index (χ2n) is 8.31. The number of methoxy groups -OCH3 is 1. The number of aryl methyl sites for hydroxylation is 1. The molecule has 3 aromatic carbocycles. The summed E-state index contributed by atoms with van der Waals surface area (Å²) < 4.78 is 61.2. The molecule has 1 N–H and O–H groups in total. The lowest BCUT2D eigenvalue weighted by Crippen LogP contribution is -2.60. The van der Waals surface area contributed by atoms with Crippen LogP contribution < -0.4 is 10.1 Å². The van der Waals surface area contributed by atoms with E-state index < -0.39 is 32.0 Å². The zero-order valence-corrected chi connectivity index (χ0v) is 21.5. The van der Waals surface area contributed by atoms with Crippen LogP contribution in [0.25, 0.3) is 0 Å². The van der Waals surface area contributed by atoms with Crippen molar-refractivity contribution in [2.75, 3.05) is 32.1 Å². The number of hydrogen-bond acceptors (Lipinski definition) is 6. The van der Waals surface area contributed by atoms with Gasteiger partial charge in [-0.1, -0.05) is 42.5 Å². The van der Waals surface area contributed by atoms with E-state index in [1.807, 2.05) is 13.0 Å². The maximum absolute atomic E-state index is 13.6. The summed E-state index contributed by atoms with van der Waals surface area (Å²) in [4.78, 5) is 13.6. The van der Waals surface area contributed by atoms with E-state index in [9.17, 15) is 21.6 Å². The van der Waals surface area contributed by atoms with Gasteiger partial charge in [0.25, 0.3) is 0 Å². The average molecular weight is 530 g/mol. The van der Waals surface area contributed by atoms with Crippen molar-refractivity contribution < 1.29 is 26.4 Å². The second kappa shape index (κ2) is 10.4. The maximum Gasteiger partial charge on any atom is 0.244 e. The van der Waals surface area contributed by atoms with Gasteiger partial charge in [-0.25, -0.2) is 16.8 Å². The summed E-state index contributed by atoms with van der Waals surface area (Å²) in [6.07, 6.45) is 0. The van der Waals surface area contributed by atoms with Crippen molar-refractivity contribution in [3.63, 3.8) is 0 Å². The van der Waals surface area contributed by atoms with E-state index >= 15 is 0 Å². The third kappa shape index (κ3) is 5.14. The number of carbonyl (C=O) groups excluding carboxylic acids is 1. The minimum absolute atomic E-state index is 0.0234. The van der Waals surface area contributed by atoms with Gasteiger partial charge in [-0.15, -0.1) is 0 Å². The molecule has 0 aromatic heterocycles. The number of amides is 1. The summed E-state index contributed by atoms with van der Waals surface area (Å²) in [6.45, 7) is 1.21. The van der Waals surface area contributed by atoms with E-state index in [4.69, 9.17) is 4.74 Å². The second-order valence-corrected chi connectivity index (χ2v) is 12.1. The molecule has 11 heteroatoms. The molecular formula is C25H27N3O6S2. The molecule has 0 aliphatic carbocycles. The van der Waals surface area contributed by atoms with Crippen LogP contribution >= 0.6 is 0 Å². The largest absolute Gasteiger partial charge is 0.495 e. The molecule has 0 bridgehead atoms. The Hall–Kier alpha value is -3.25. The van der Waals surface area contributed by atoms with Gasteiger partial charge in [0.05, 0.1) is 22.6 Å². The number of anilines is 1. The Morgan fingerprint density at radius 2 is 1.44 bits per heavy atom. The molecule has 1 aliphatic rings. The van der Waals surface area contributed by atoms with Crippen LogP contribution in [0.4, 0.5) is 5.69 Å². The molecule has 0 radical (unpaired) electrons. The number of piperazine rings is 1. The minimum atomic E-state index is -4.09. The lowest BCUT2D eigenvalue weighted by molar-refractivity contribution is -0.120. The van der Waals surface area contributed by atoms with E-state index in [2.05, 4.69) is 5.32 Å². The van der Waals surface area contributed by atoms with Crippen molar-refractivity contribution in [1.29, 1.82) is 0 Å². The van der Waals surface area contributed by atoms with Crippen molar-refractivity contribution in [1.82, 2.24) is 8.61 Å². The Bertz CT molecular complexity index is 1450. The Morgan fingerprint density at radius 1 is 0.861 bits per heavy atom. The molecule has 36 heavy (non-hydrogen) atoms. The SMILES string of the molecule is COc1ccc(C)cc1NC(=O)[C@@H]1CN(S(=O)(=O)c2ccccc2)CCN1S(=O)(=O)c1ccccc1. The summed E-state index contributed by atoms with van der Waals surface area (Å²) >= 11 is 0. The summed E-state index contributed by atoms with van der Waals surface area (Å²) in [7, 11) is -6.57. The maximum atomic E-state index is 13.6. The van der Waals surface area contributed by atoms with Gasteiger partial charge in [0.1, 0.15) is 11.8 Å². The van der Waals surface area contributed by atoms with Gasteiger partial charge in [-0.05, 0) is 48.9 Å². The van der Waals surface area contributed by atoms with Crippen LogP contribution in [0.15, 0.2) is 88.7 Å². The van der Waals surface area contributed by atoms with E-state index in [0.717, 1.165) is 14.2 Å². The molecule has 4 rings (SSSR count). The Labute approximate surface area is 211 Å². The first-order valence-corrected chi connectivity index (χ1v) is 14.1. The first-order chi connectivity index (χ1) is 17.1. The van der Waals surface area contributed by atoms with Gasteiger partial charge >= 0.3 is 0 Å². The zero-order chi connectivity index (χ0) is 25.9. The topological polar surface area (TPSA) is 113 Å². The highest BCUT2D eigenvalue weighted by atomic mass is 32.2. The summed E-state index contributed by atoms with van der Waals surface area (Å²) in [6, 6.07) is 19.5. The summed E-state index contributed by atoms with van der Waals surface area (Å²) in [5.74, 6) is -0.262.